The van der Waals surface area contributed by atoms with Gasteiger partial charge in [0.2, 0.25) is 11.8 Å². The van der Waals surface area contributed by atoms with Crippen molar-refractivity contribution >= 4 is 23.9 Å². The normalized spacial score (nSPS) is 18.9. The first kappa shape index (κ1) is 21.4. The van der Waals surface area contributed by atoms with Crippen LogP contribution in [0.5, 0.6) is 0 Å². The topological polar surface area (TPSA) is 134 Å². The number of amides is 3. The van der Waals surface area contributed by atoms with Gasteiger partial charge in [-0.25, -0.2) is 4.79 Å². The maximum atomic E-state index is 12.1. The van der Waals surface area contributed by atoms with Gasteiger partial charge in [-0.2, -0.15) is 0 Å². The molecule has 4 N–H and O–H groups in total. The molecule has 9 heteroatoms. The standard InChI is InChI=1S/C23H23N3O6/c27-19(26-20-17(22(29)30)11-25-21(20)28)9-10-24-23(31)32-12-18-15-7-3-1-5-13(15)14-6-2-4-8-16(14)18/h1-8,17-18,20H,9-12H2,(H,24,31)(H,25,28)(H,26,27)(H,29,30). The average Bonchev–Trinajstić information content (AvgIpc) is 3.30. The van der Waals surface area contributed by atoms with Gasteiger partial charge >= 0.3 is 12.1 Å². The van der Waals surface area contributed by atoms with E-state index in [-0.39, 0.29) is 32.0 Å². The van der Waals surface area contributed by atoms with Crippen molar-refractivity contribution in [3.8, 4) is 11.1 Å². The van der Waals surface area contributed by atoms with E-state index in [0.717, 1.165) is 22.3 Å². The maximum absolute atomic E-state index is 12.1. The SMILES string of the molecule is O=C(CCNC(=O)OCC1c2ccccc2-c2ccccc21)NC1C(=O)NCC1C(=O)O. The monoisotopic (exact) mass is 437 g/mol. The molecule has 4 rings (SSSR count). The quantitative estimate of drug-likeness (QED) is 0.515. The number of fused-ring (bicyclic) bond motifs is 3. The molecule has 2 unspecified atom stereocenters. The molecule has 1 fully saturated rings. The molecule has 2 aliphatic rings. The fourth-order valence-corrected chi connectivity index (χ4v) is 4.19. The number of alkyl carbamates (subject to hydrolysis) is 1. The molecule has 2 aromatic carbocycles. The van der Waals surface area contributed by atoms with Gasteiger partial charge in [-0.1, -0.05) is 48.5 Å². The van der Waals surface area contributed by atoms with Crippen LogP contribution in [0, 0.1) is 5.92 Å². The third kappa shape index (κ3) is 4.27. The largest absolute Gasteiger partial charge is 0.481 e. The Morgan fingerprint density at radius 3 is 2.28 bits per heavy atom. The third-order valence-electron chi connectivity index (χ3n) is 5.78. The molecule has 2 aromatic rings. The molecule has 0 bridgehead atoms. The third-order valence-corrected chi connectivity index (χ3v) is 5.78. The number of ether oxygens (including phenoxy) is 1. The molecule has 32 heavy (non-hydrogen) atoms. The van der Waals surface area contributed by atoms with Crippen LogP contribution in [0.25, 0.3) is 11.1 Å². The van der Waals surface area contributed by atoms with Gasteiger partial charge in [-0.15, -0.1) is 0 Å². The Balaban J connectivity index is 1.25. The molecule has 1 saturated heterocycles. The summed E-state index contributed by atoms with van der Waals surface area (Å²) in [4.78, 5) is 47.1. The van der Waals surface area contributed by atoms with Crippen molar-refractivity contribution in [1.29, 1.82) is 0 Å². The molecule has 2 atom stereocenters. The number of carbonyl (C=O) groups excluding carboxylic acids is 3. The number of carboxylic acid groups (broad SMARTS) is 1. The van der Waals surface area contributed by atoms with Crippen molar-refractivity contribution in [2.75, 3.05) is 19.7 Å². The zero-order valence-electron chi connectivity index (χ0n) is 17.2. The van der Waals surface area contributed by atoms with Crippen molar-refractivity contribution in [1.82, 2.24) is 16.0 Å². The molecule has 3 amide bonds. The van der Waals surface area contributed by atoms with Crippen LogP contribution in [0.2, 0.25) is 0 Å². The second-order valence-corrected chi connectivity index (χ2v) is 7.74. The molecule has 0 spiro atoms. The Bertz CT molecular complexity index is 1020. The van der Waals surface area contributed by atoms with Gasteiger partial charge in [0.05, 0.1) is 0 Å². The summed E-state index contributed by atoms with van der Waals surface area (Å²) >= 11 is 0. The Labute approximate surface area is 184 Å². The molecule has 0 saturated carbocycles. The first-order valence-corrected chi connectivity index (χ1v) is 10.3. The minimum Gasteiger partial charge on any atom is -0.481 e. The number of carbonyl (C=O) groups is 4. The molecule has 9 nitrogen and oxygen atoms in total. The Hall–Kier alpha value is -3.88. The van der Waals surface area contributed by atoms with Gasteiger partial charge in [-0.05, 0) is 22.3 Å². The number of hydrogen-bond acceptors (Lipinski definition) is 5. The van der Waals surface area contributed by atoms with E-state index in [1.165, 1.54) is 0 Å². The molecule has 1 aliphatic heterocycles. The van der Waals surface area contributed by atoms with Crippen LogP contribution in [-0.4, -0.2) is 54.7 Å². The second-order valence-electron chi connectivity index (χ2n) is 7.74. The summed E-state index contributed by atoms with van der Waals surface area (Å²) < 4.78 is 5.40. The highest BCUT2D eigenvalue weighted by molar-refractivity contribution is 5.94. The molecular formula is C23H23N3O6. The maximum Gasteiger partial charge on any atom is 0.407 e. The number of rotatable bonds is 7. The van der Waals surface area contributed by atoms with E-state index >= 15 is 0 Å². The van der Waals surface area contributed by atoms with E-state index in [4.69, 9.17) is 9.84 Å². The van der Waals surface area contributed by atoms with Crippen molar-refractivity contribution in [3.05, 3.63) is 59.7 Å². The van der Waals surface area contributed by atoms with Crippen LogP contribution >= 0.6 is 0 Å². The van der Waals surface area contributed by atoms with Crippen LogP contribution < -0.4 is 16.0 Å². The lowest BCUT2D eigenvalue weighted by atomic mass is 9.98. The van der Waals surface area contributed by atoms with E-state index in [1.807, 2.05) is 48.5 Å². The number of nitrogens with one attached hydrogen (secondary N) is 3. The van der Waals surface area contributed by atoms with E-state index in [1.54, 1.807) is 0 Å². The van der Waals surface area contributed by atoms with Crippen molar-refractivity contribution in [3.63, 3.8) is 0 Å². The van der Waals surface area contributed by atoms with Crippen LogP contribution in [-0.2, 0) is 19.1 Å². The minimum absolute atomic E-state index is 0.00537. The van der Waals surface area contributed by atoms with Gasteiger partial charge in [0.25, 0.3) is 0 Å². The summed E-state index contributed by atoms with van der Waals surface area (Å²) in [5.74, 6) is -3.30. The van der Waals surface area contributed by atoms with Crippen molar-refractivity contribution < 1.29 is 29.0 Å². The van der Waals surface area contributed by atoms with Crippen LogP contribution in [0.4, 0.5) is 4.79 Å². The van der Waals surface area contributed by atoms with E-state index in [0.29, 0.717) is 0 Å². The number of benzene rings is 2. The lowest BCUT2D eigenvalue weighted by molar-refractivity contribution is -0.143. The number of aliphatic carboxylic acids is 1. The first-order chi connectivity index (χ1) is 15.5. The minimum atomic E-state index is -1.16. The highest BCUT2D eigenvalue weighted by atomic mass is 16.5. The van der Waals surface area contributed by atoms with Crippen LogP contribution in [0.1, 0.15) is 23.5 Å². The second kappa shape index (κ2) is 9.09. The number of hydrogen-bond donors (Lipinski definition) is 4. The smallest absolute Gasteiger partial charge is 0.407 e. The highest BCUT2D eigenvalue weighted by Gasteiger charge is 2.40. The van der Waals surface area contributed by atoms with Crippen LogP contribution in [0.15, 0.2) is 48.5 Å². The Morgan fingerprint density at radius 1 is 1.03 bits per heavy atom. The predicted molar refractivity (Wildman–Crippen MR) is 114 cm³/mol. The fourth-order valence-electron chi connectivity index (χ4n) is 4.19. The number of carboxylic acids is 1. The summed E-state index contributed by atoms with van der Waals surface area (Å²) in [6.07, 6.45) is -0.762. The summed E-state index contributed by atoms with van der Waals surface area (Å²) in [6, 6.07) is 14.9. The van der Waals surface area contributed by atoms with Gasteiger partial charge in [0, 0.05) is 25.4 Å². The van der Waals surface area contributed by atoms with Gasteiger partial charge < -0.3 is 25.8 Å². The summed E-state index contributed by atoms with van der Waals surface area (Å²) in [5, 5.41) is 16.5. The highest BCUT2D eigenvalue weighted by Crippen LogP contribution is 2.44. The Kier molecular flexibility index (Phi) is 6.07. The zero-order valence-corrected chi connectivity index (χ0v) is 17.2. The summed E-state index contributed by atoms with van der Waals surface area (Å²) in [5.41, 5.74) is 4.46. The van der Waals surface area contributed by atoms with Crippen molar-refractivity contribution in [2.45, 2.75) is 18.4 Å². The van der Waals surface area contributed by atoms with Gasteiger partial charge in [0.1, 0.15) is 18.6 Å². The lowest BCUT2D eigenvalue weighted by Gasteiger charge is -2.16. The van der Waals surface area contributed by atoms with Gasteiger partial charge in [-0.3, -0.25) is 14.4 Å². The average molecular weight is 437 g/mol. The zero-order chi connectivity index (χ0) is 22.7. The lowest BCUT2D eigenvalue weighted by Crippen LogP contribution is -2.46. The van der Waals surface area contributed by atoms with E-state index < -0.39 is 35.8 Å². The molecule has 1 aliphatic carbocycles. The van der Waals surface area contributed by atoms with E-state index in [2.05, 4.69) is 16.0 Å². The molecule has 166 valence electrons. The van der Waals surface area contributed by atoms with Crippen LogP contribution in [0.3, 0.4) is 0 Å². The van der Waals surface area contributed by atoms with Crippen molar-refractivity contribution in [2.24, 2.45) is 5.92 Å². The first-order valence-electron chi connectivity index (χ1n) is 10.3. The Morgan fingerprint density at radius 2 is 1.66 bits per heavy atom. The molecule has 0 aromatic heterocycles. The summed E-state index contributed by atoms with van der Waals surface area (Å²) in [6.45, 7) is 0.125. The molecule has 0 radical (unpaired) electrons. The fraction of sp³-hybridized carbons (Fsp3) is 0.304. The summed E-state index contributed by atoms with van der Waals surface area (Å²) in [7, 11) is 0. The van der Waals surface area contributed by atoms with Gasteiger partial charge in [0.15, 0.2) is 0 Å². The molecular weight excluding hydrogens is 414 g/mol. The molecule has 1 heterocycles. The van der Waals surface area contributed by atoms with E-state index in [9.17, 15) is 19.2 Å². The predicted octanol–water partition coefficient (Wildman–Crippen LogP) is 1.23.